The molecule has 4 rings (SSSR count). The van der Waals surface area contributed by atoms with Crippen LogP contribution in [-0.4, -0.2) is 26.9 Å². The van der Waals surface area contributed by atoms with Crippen LogP contribution in [0.15, 0.2) is 60.9 Å². The zero-order chi connectivity index (χ0) is 21.1. The predicted octanol–water partition coefficient (Wildman–Crippen LogP) is 4.75. The lowest BCUT2D eigenvalue weighted by Crippen LogP contribution is -2.31. The standard InChI is InChI=1S/C21H18F3N5S/c22-21(23,24)17-5-1-13(2-6-17)9-18(25)12-27-20-28-19(29-30-20)15-3-4-16-11-26-8-7-14(16)10-15/h1-8,10-11,18H,9,12,25H2,(H,27,28,29)/t18-/m0/s1. The summed E-state index contributed by atoms with van der Waals surface area (Å²) in [5, 5.41) is 5.90. The van der Waals surface area contributed by atoms with Crippen molar-refractivity contribution in [2.45, 2.75) is 18.6 Å². The Morgan fingerprint density at radius 2 is 1.83 bits per heavy atom. The molecule has 4 aromatic rings. The number of rotatable bonds is 6. The van der Waals surface area contributed by atoms with Crippen LogP contribution >= 0.6 is 11.5 Å². The Balaban J connectivity index is 1.35. The second kappa shape index (κ2) is 8.37. The average Bonchev–Trinajstić information content (AvgIpc) is 3.21. The van der Waals surface area contributed by atoms with Crippen LogP contribution < -0.4 is 11.1 Å². The molecule has 0 saturated heterocycles. The highest BCUT2D eigenvalue weighted by atomic mass is 32.1. The second-order valence-corrected chi connectivity index (χ2v) is 7.65. The molecular weight excluding hydrogens is 411 g/mol. The molecule has 0 spiro atoms. The molecule has 0 aliphatic carbocycles. The number of nitrogens with one attached hydrogen (secondary N) is 1. The lowest BCUT2D eigenvalue weighted by Gasteiger charge is -2.13. The summed E-state index contributed by atoms with van der Waals surface area (Å²) < 4.78 is 42.3. The van der Waals surface area contributed by atoms with Crippen LogP contribution in [0, 0.1) is 0 Å². The van der Waals surface area contributed by atoms with Crippen molar-refractivity contribution in [2.75, 3.05) is 11.9 Å². The fraction of sp³-hybridized carbons (Fsp3) is 0.190. The van der Waals surface area contributed by atoms with Crippen molar-refractivity contribution in [3.8, 4) is 11.4 Å². The maximum absolute atomic E-state index is 12.6. The number of alkyl halides is 3. The van der Waals surface area contributed by atoms with Gasteiger partial charge < -0.3 is 11.1 Å². The lowest BCUT2D eigenvalue weighted by molar-refractivity contribution is -0.137. The van der Waals surface area contributed by atoms with Crippen molar-refractivity contribution in [3.63, 3.8) is 0 Å². The van der Waals surface area contributed by atoms with Crippen LogP contribution in [0.2, 0.25) is 0 Å². The summed E-state index contributed by atoms with van der Waals surface area (Å²) in [6, 6.07) is 12.7. The van der Waals surface area contributed by atoms with Crippen molar-refractivity contribution < 1.29 is 13.2 Å². The van der Waals surface area contributed by atoms with Gasteiger partial charge in [-0.05, 0) is 41.6 Å². The van der Waals surface area contributed by atoms with Crippen LogP contribution in [0.25, 0.3) is 22.2 Å². The molecule has 0 amide bonds. The molecule has 0 fully saturated rings. The van der Waals surface area contributed by atoms with Crippen molar-refractivity contribution in [3.05, 3.63) is 72.1 Å². The number of benzene rings is 2. The van der Waals surface area contributed by atoms with Gasteiger partial charge in [-0.15, -0.1) is 0 Å². The van der Waals surface area contributed by atoms with E-state index in [0.29, 0.717) is 23.9 Å². The molecule has 0 unspecified atom stereocenters. The monoisotopic (exact) mass is 429 g/mol. The molecule has 0 aliphatic heterocycles. The van der Waals surface area contributed by atoms with E-state index in [1.54, 1.807) is 12.4 Å². The van der Waals surface area contributed by atoms with E-state index in [0.717, 1.165) is 34.0 Å². The van der Waals surface area contributed by atoms with Crippen LogP contribution in [0.3, 0.4) is 0 Å². The average molecular weight is 429 g/mol. The zero-order valence-corrected chi connectivity index (χ0v) is 16.5. The van der Waals surface area contributed by atoms with E-state index in [4.69, 9.17) is 5.73 Å². The van der Waals surface area contributed by atoms with Crippen molar-refractivity contribution in [1.82, 2.24) is 14.3 Å². The lowest BCUT2D eigenvalue weighted by atomic mass is 10.0. The Morgan fingerprint density at radius 3 is 2.60 bits per heavy atom. The number of pyridine rings is 1. The third-order valence-corrected chi connectivity index (χ3v) is 5.29. The smallest absolute Gasteiger partial charge is 0.359 e. The molecule has 9 heteroatoms. The SMILES string of the molecule is N[C@H](CNc1nc(-c2ccc3cnccc3c2)ns1)Cc1ccc(C(F)(F)F)cc1. The summed E-state index contributed by atoms with van der Waals surface area (Å²) in [6.45, 7) is 0.430. The largest absolute Gasteiger partial charge is 0.416 e. The Labute approximate surface area is 175 Å². The molecule has 1 atom stereocenters. The highest BCUT2D eigenvalue weighted by Crippen LogP contribution is 2.29. The third kappa shape index (κ3) is 4.74. The molecule has 3 N–H and O–H groups in total. The number of hydrogen-bond donors (Lipinski definition) is 2. The number of anilines is 1. The van der Waals surface area contributed by atoms with Gasteiger partial charge in [-0.3, -0.25) is 4.98 Å². The first-order chi connectivity index (χ1) is 14.4. The highest BCUT2D eigenvalue weighted by Gasteiger charge is 2.29. The number of halogens is 3. The highest BCUT2D eigenvalue weighted by molar-refractivity contribution is 7.09. The summed E-state index contributed by atoms with van der Waals surface area (Å²) in [5.74, 6) is 0.623. The summed E-state index contributed by atoms with van der Waals surface area (Å²) >= 11 is 1.24. The Hall–Kier alpha value is -3.04. The molecule has 30 heavy (non-hydrogen) atoms. The van der Waals surface area contributed by atoms with Crippen LogP contribution in [0.5, 0.6) is 0 Å². The van der Waals surface area contributed by atoms with E-state index >= 15 is 0 Å². The number of fused-ring (bicyclic) bond motifs is 1. The first kappa shape index (κ1) is 20.2. The third-order valence-electron chi connectivity index (χ3n) is 4.62. The molecule has 0 bridgehead atoms. The minimum atomic E-state index is -4.33. The predicted molar refractivity (Wildman–Crippen MR) is 112 cm³/mol. The number of hydrogen-bond acceptors (Lipinski definition) is 6. The van der Waals surface area contributed by atoms with Gasteiger partial charge in [0.2, 0.25) is 5.13 Å². The summed E-state index contributed by atoms with van der Waals surface area (Å²) in [6.07, 6.45) is -0.334. The van der Waals surface area contributed by atoms with Gasteiger partial charge in [0.25, 0.3) is 0 Å². The first-order valence-corrected chi connectivity index (χ1v) is 9.99. The molecule has 5 nitrogen and oxygen atoms in total. The fourth-order valence-corrected chi connectivity index (χ4v) is 3.65. The molecule has 2 aromatic heterocycles. The zero-order valence-electron chi connectivity index (χ0n) is 15.7. The summed E-state index contributed by atoms with van der Waals surface area (Å²) in [7, 11) is 0. The van der Waals surface area contributed by atoms with Gasteiger partial charge in [0.05, 0.1) is 5.56 Å². The topological polar surface area (TPSA) is 76.7 Å². The van der Waals surface area contributed by atoms with Gasteiger partial charge in [0, 0.05) is 47.5 Å². The molecule has 0 radical (unpaired) electrons. The Morgan fingerprint density at radius 1 is 1.03 bits per heavy atom. The summed E-state index contributed by atoms with van der Waals surface area (Å²) in [5.41, 5.74) is 7.12. The number of nitrogens with two attached hydrogens (primary N) is 1. The van der Waals surface area contributed by atoms with Gasteiger partial charge >= 0.3 is 6.18 Å². The van der Waals surface area contributed by atoms with Gasteiger partial charge in [-0.1, -0.05) is 24.3 Å². The van der Waals surface area contributed by atoms with E-state index in [9.17, 15) is 13.2 Å². The van der Waals surface area contributed by atoms with E-state index in [1.807, 2.05) is 24.3 Å². The molecular formula is C21H18F3N5S. The fourth-order valence-electron chi connectivity index (χ4n) is 3.06. The number of nitrogens with zero attached hydrogens (tertiary/aromatic N) is 3. The first-order valence-electron chi connectivity index (χ1n) is 9.22. The second-order valence-electron chi connectivity index (χ2n) is 6.90. The van der Waals surface area contributed by atoms with Crippen molar-refractivity contribution >= 4 is 27.4 Å². The summed E-state index contributed by atoms with van der Waals surface area (Å²) in [4.78, 5) is 8.61. The van der Waals surface area contributed by atoms with Crippen LogP contribution in [-0.2, 0) is 12.6 Å². The molecule has 0 saturated carbocycles. The van der Waals surface area contributed by atoms with Gasteiger partial charge in [-0.25, -0.2) is 0 Å². The van der Waals surface area contributed by atoms with Gasteiger partial charge in [0.15, 0.2) is 5.82 Å². The van der Waals surface area contributed by atoms with E-state index in [2.05, 4.69) is 19.7 Å². The Kier molecular flexibility index (Phi) is 5.65. The van der Waals surface area contributed by atoms with Crippen molar-refractivity contribution in [1.29, 1.82) is 0 Å². The van der Waals surface area contributed by atoms with E-state index in [1.165, 1.54) is 23.7 Å². The molecule has 2 heterocycles. The van der Waals surface area contributed by atoms with Crippen LogP contribution in [0.1, 0.15) is 11.1 Å². The normalized spacial score (nSPS) is 12.8. The van der Waals surface area contributed by atoms with Crippen LogP contribution in [0.4, 0.5) is 18.3 Å². The maximum Gasteiger partial charge on any atom is 0.416 e. The van der Waals surface area contributed by atoms with E-state index in [-0.39, 0.29) is 6.04 Å². The molecule has 0 aliphatic rings. The Bertz CT molecular complexity index is 1140. The van der Waals surface area contributed by atoms with E-state index < -0.39 is 11.7 Å². The van der Waals surface area contributed by atoms with Crippen molar-refractivity contribution in [2.24, 2.45) is 5.73 Å². The van der Waals surface area contributed by atoms with Gasteiger partial charge in [-0.2, -0.15) is 22.5 Å². The van der Waals surface area contributed by atoms with Gasteiger partial charge in [0.1, 0.15) is 0 Å². The molecule has 2 aromatic carbocycles. The quantitative estimate of drug-likeness (QED) is 0.462. The maximum atomic E-state index is 12.6. The number of aromatic nitrogens is 3. The minimum Gasteiger partial charge on any atom is -0.359 e. The molecule has 154 valence electrons. The minimum absolute atomic E-state index is 0.276.